The number of hydrogen-bond donors (Lipinski definition) is 3. The van der Waals surface area contributed by atoms with Crippen LogP contribution in [0.15, 0.2) is 12.3 Å². The molecular weight excluding hydrogens is 140 g/mol. The highest BCUT2D eigenvalue weighted by molar-refractivity contribution is 5.58. The topological polar surface area (TPSA) is 90.9 Å². The lowest BCUT2D eigenvalue weighted by Crippen LogP contribution is -2.07. The molecule has 0 radical (unpaired) electrons. The van der Waals surface area contributed by atoms with E-state index >= 15 is 0 Å². The first-order valence-corrected chi connectivity index (χ1v) is 3.37. The molecule has 0 aliphatic carbocycles. The van der Waals surface area contributed by atoms with E-state index in [1.165, 1.54) is 0 Å². The summed E-state index contributed by atoms with van der Waals surface area (Å²) in [4.78, 5) is 3.87. The zero-order valence-electron chi connectivity index (χ0n) is 6.41. The number of nitrogen functional groups attached to an aromatic ring is 2. The number of anilines is 2. The molecule has 0 aliphatic rings. The fraction of sp³-hybridized carbons (Fsp3) is 0.286. The highest BCUT2D eigenvalue weighted by atomic mass is 14.9. The van der Waals surface area contributed by atoms with Crippen LogP contribution in [0.4, 0.5) is 11.5 Å². The van der Waals surface area contributed by atoms with Gasteiger partial charge in [0.05, 0.1) is 5.69 Å². The summed E-state index contributed by atoms with van der Waals surface area (Å²) in [7, 11) is 0. The number of hydrogen-bond acceptors (Lipinski definition) is 4. The third-order valence-electron chi connectivity index (χ3n) is 1.50. The first-order valence-electron chi connectivity index (χ1n) is 3.37. The summed E-state index contributed by atoms with van der Waals surface area (Å²) >= 11 is 0. The molecule has 0 aromatic carbocycles. The Labute approximate surface area is 65.4 Å². The summed E-state index contributed by atoms with van der Waals surface area (Å²) in [5.74, 6) is 0.356. The number of aromatic nitrogens is 1. The molecule has 1 rings (SSSR count). The van der Waals surface area contributed by atoms with Gasteiger partial charge in [-0.15, -0.1) is 0 Å². The molecule has 0 saturated carbocycles. The van der Waals surface area contributed by atoms with Gasteiger partial charge in [-0.1, -0.05) is 0 Å². The molecule has 0 bridgehead atoms. The van der Waals surface area contributed by atoms with E-state index in [0.29, 0.717) is 11.5 Å². The molecule has 60 valence electrons. The lowest BCUT2D eigenvalue weighted by atomic mass is 10.1. The molecule has 0 fully saturated rings. The predicted molar refractivity (Wildman–Crippen MR) is 45.7 cm³/mol. The molecule has 0 spiro atoms. The zero-order chi connectivity index (χ0) is 8.43. The van der Waals surface area contributed by atoms with Gasteiger partial charge in [0.1, 0.15) is 5.82 Å². The average molecular weight is 152 g/mol. The molecule has 4 heteroatoms. The average Bonchev–Trinajstić information content (AvgIpc) is 1.94. The van der Waals surface area contributed by atoms with Crippen LogP contribution >= 0.6 is 0 Å². The molecule has 0 saturated heterocycles. The summed E-state index contributed by atoms with van der Waals surface area (Å²) < 4.78 is 0. The lowest BCUT2D eigenvalue weighted by molar-refractivity contribution is 0.813. The largest absolute Gasteiger partial charge is 0.396 e. The second kappa shape index (κ2) is 2.75. The van der Waals surface area contributed by atoms with Crippen molar-refractivity contribution < 1.29 is 0 Å². The minimum atomic E-state index is -0.0506. The SMILES string of the molecule is CC(N)c1cnc(N)c(N)c1. The van der Waals surface area contributed by atoms with Crippen LogP contribution in [0.2, 0.25) is 0 Å². The molecule has 1 atom stereocenters. The van der Waals surface area contributed by atoms with Gasteiger partial charge in [-0.3, -0.25) is 0 Å². The summed E-state index contributed by atoms with van der Waals surface area (Å²) in [6.07, 6.45) is 1.64. The highest BCUT2D eigenvalue weighted by Crippen LogP contribution is 2.16. The maximum Gasteiger partial charge on any atom is 0.146 e. The van der Waals surface area contributed by atoms with Crippen LogP contribution in [0.3, 0.4) is 0 Å². The molecule has 0 aliphatic heterocycles. The van der Waals surface area contributed by atoms with Crippen molar-refractivity contribution in [1.29, 1.82) is 0 Å². The molecular formula is C7H12N4. The minimum absolute atomic E-state index is 0.0506. The first kappa shape index (κ1) is 7.81. The molecule has 6 N–H and O–H groups in total. The van der Waals surface area contributed by atoms with Gasteiger partial charge >= 0.3 is 0 Å². The highest BCUT2D eigenvalue weighted by Gasteiger charge is 2.01. The van der Waals surface area contributed by atoms with Gasteiger partial charge < -0.3 is 17.2 Å². The van der Waals surface area contributed by atoms with Gasteiger partial charge in [0.15, 0.2) is 0 Å². The van der Waals surface area contributed by atoms with Crippen molar-refractivity contribution in [3.05, 3.63) is 17.8 Å². The van der Waals surface area contributed by atoms with E-state index < -0.39 is 0 Å². The molecule has 4 nitrogen and oxygen atoms in total. The van der Waals surface area contributed by atoms with Crippen LogP contribution in [0.1, 0.15) is 18.5 Å². The molecule has 1 heterocycles. The second-order valence-electron chi connectivity index (χ2n) is 2.53. The van der Waals surface area contributed by atoms with E-state index in [4.69, 9.17) is 17.2 Å². The molecule has 1 aromatic rings. The summed E-state index contributed by atoms with van der Waals surface area (Å²) in [5.41, 5.74) is 17.9. The molecule has 1 aromatic heterocycles. The maximum atomic E-state index is 5.60. The Hall–Kier alpha value is -1.29. The third kappa shape index (κ3) is 1.59. The minimum Gasteiger partial charge on any atom is -0.396 e. The van der Waals surface area contributed by atoms with Crippen molar-refractivity contribution in [3.63, 3.8) is 0 Å². The Morgan fingerprint density at radius 2 is 2.09 bits per heavy atom. The van der Waals surface area contributed by atoms with Crippen molar-refractivity contribution in [1.82, 2.24) is 4.98 Å². The number of nitrogens with two attached hydrogens (primary N) is 3. The van der Waals surface area contributed by atoms with Crippen LogP contribution in [0.25, 0.3) is 0 Å². The Morgan fingerprint density at radius 1 is 1.45 bits per heavy atom. The van der Waals surface area contributed by atoms with Crippen LogP contribution < -0.4 is 17.2 Å². The number of nitrogens with zero attached hydrogens (tertiary/aromatic N) is 1. The van der Waals surface area contributed by atoms with Gasteiger partial charge in [-0.25, -0.2) is 4.98 Å². The van der Waals surface area contributed by atoms with Gasteiger partial charge in [0, 0.05) is 12.2 Å². The van der Waals surface area contributed by atoms with Crippen LogP contribution in [-0.4, -0.2) is 4.98 Å². The predicted octanol–water partition coefficient (Wildman–Crippen LogP) is 0.266. The van der Waals surface area contributed by atoms with Gasteiger partial charge in [0.2, 0.25) is 0 Å². The smallest absolute Gasteiger partial charge is 0.146 e. The molecule has 1 unspecified atom stereocenters. The van der Waals surface area contributed by atoms with E-state index in [2.05, 4.69) is 4.98 Å². The van der Waals surface area contributed by atoms with Crippen molar-refractivity contribution in [2.75, 3.05) is 11.5 Å². The first-order chi connectivity index (χ1) is 5.11. The monoisotopic (exact) mass is 152 g/mol. The van der Waals surface area contributed by atoms with E-state index in [0.717, 1.165) is 5.56 Å². The van der Waals surface area contributed by atoms with Crippen molar-refractivity contribution >= 4 is 11.5 Å². The Morgan fingerprint density at radius 3 is 2.55 bits per heavy atom. The Kier molecular flexibility index (Phi) is 1.96. The van der Waals surface area contributed by atoms with Gasteiger partial charge in [0.25, 0.3) is 0 Å². The van der Waals surface area contributed by atoms with Crippen molar-refractivity contribution in [2.45, 2.75) is 13.0 Å². The number of pyridine rings is 1. The van der Waals surface area contributed by atoms with Gasteiger partial charge in [-0.05, 0) is 18.6 Å². The summed E-state index contributed by atoms with van der Waals surface area (Å²) in [6, 6.07) is 1.69. The van der Waals surface area contributed by atoms with E-state index in [1.807, 2.05) is 6.92 Å². The van der Waals surface area contributed by atoms with Crippen LogP contribution in [0, 0.1) is 0 Å². The van der Waals surface area contributed by atoms with Crippen LogP contribution in [-0.2, 0) is 0 Å². The fourth-order valence-corrected chi connectivity index (χ4v) is 0.758. The second-order valence-corrected chi connectivity index (χ2v) is 2.53. The zero-order valence-corrected chi connectivity index (χ0v) is 6.41. The van der Waals surface area contributed by atoms with Crippen molar-refractivity contribution in [2.24, 2.45) is 5.73 Å². The quantitative estimate of drug-likeness (QED) is 0.538. The lowest BCUT2D eigenvalue weighted by Gasteiger charge is -2.06. The van der Waals surface area contributed by atoms with Crippen molar-refractivity contribution in [3.8, 4) is 0 Å². The standard InChI is InChI=1S/C7H12N4/c1-4(8)5-2-6(9)7(10)11-3-5/h2-4H,8-9H2,1H3,(H2,10,11). The number of rotatable bonds is 1. The summed E-state index contributed by atoms with van der Waals surface area (Å²) in [6.45, 7) is 1.87. The molecule has 11 heavy (non-hydrogen) atoms. The third-order valence-corrected chi connectivity index (χ3v) is 1.50. The van der Waals surface area contributed by atoms with E-state index in [9.17, 15) is 0 Å². The van der Waals surface area contributed by atoms with Gasteiger partial charge in [-0.2, -0.15) is 0 Å². The normalized spacial score (nSPS) is 12.9. The van der Waals surface area contributed by atoms with E-state index in [1.54, 1.807) is 12.3 Å². The Bertz CT molecular complexity index is 257. The van der Waals surface area contributed by atoms with Crippen LogP contribution in [0.5, 0.6) is 0 Å². The fourth-order valence-electron chi connectivity index (χ4n) is 0.758. The summed E-state index contributed by atoms with van der Waals surface area (Å²) in [5, 5.41) is 0. The Balaban J connectivity index is 3.05. The maximum absolute atomic E-state index is 5.60. The molecule has 0 amide bonds. The van der Waals surface area contributed by atoms with E-state index in [-0.39, 0.29) is 6.04 Å².